The molecular weight excluding hydrogens is 320 g/mol. The molecule has 1 heterocycles. The highest BCUT2D eigenvalue weighted by atomic mass is 32.2. The summed E-state index contributed by atoms with van der Waals surface area (Å²) >= 11 is 1.86. The van der Waals surface area contributed by atoms with Crippen molar-refractivity contribution in [2.75, 3.05) is 36.5 Å². The van der Waals surface area contributed by atoms with Crippen LogP contribution in [0.15, 0.2) is 29.3 Å². The maximum atomic E-state index is 11.8. The van der Waals surface area contributed by atoms with Crippen molar-refractivity contribution in [2.45, 2.75) is 32.7 Å². The average Bonchev–Trinajstić information content (AvgIpc) is 3.03. The van der Waals surface area contributed by atoms with Crippen LogP contribution in [-0.4, -0.2) is 43.5 Å². The second-order valence-electron chi connectivity index (χ2n) is 5.78. The SMILES string of the molecule is CCNC(=NCc1ccc(N2CCCC2=O)cc1)NCCCSC. The Morgan fingerprint density at radius 2 is 2.08 bits per heavy atom. The molecule has 0 unspecified atom stereocenters. The van der Waals surface area contributed by atoms with Crippen molar-refractivity contribution >= 4 is 29.3 Å². The van der Waals surface area contributed by atoms with Crippen LogP contribution in [0.4, 0.5) is 5.69 Å². The van der Waals surface area contributed by atoms with Crippen molar-refractivity contribution in [3.63, 3.8) is 0 Å². The predicted octanol–water partition coefficient (Wildman–Crippen LogP) is 2.62. The van der Waals surface area contributed by atoms with E-state index in [4.69, 9.17) is 0 Å². The number of benzene rings is 1. The summed E-state index contributed by atoms with van der Waals surface area (Å²) in [6, 6.07) is 8.16. The maximum Gasteiger partial charge on any atom is 0.227 e. The zero-order chi connectivity index (χ0) is 17.2. The molecule has 1 aromatic rings. The van der Waals surface area contributed by atoms with Crippen molar-refractivity contribution in [1.29, 1.82) is 0 Å². The molecule has 1 amide bonds. The van der Waals surface area contributed by atoms with Crippen molar-refractivity contribution < 1.29 is 4.79 Å². The predicted molar refractivity (Wildman–Crippen MR) is 104 cm³/mol. The van der Waals surface area contributed by atoms with Crippen LogP contribution in [0.3, 0.4) is 0 Å². The molecule has 1 aliphatic heterocycles. The van der Waals surface area contributed by atoms with Crippen LogP contribution in [0.1, 0.15) is 31.7 Å². The summed E-state index contributed by atoms with van der Waals surface area (Å²) in [6.07, 6.45) is 4.88. The minimum Gasteiger partial charge on any atom is -0.357 e. The van der Waals surface area contributed by atoms with E-state index in [1.807, 2.05) is 28.8 Å². The Morgan fingerprint density at radius 1 is 1.29 bits per heavy atom. The van der Waals surface area contributed by atoms with Crippen molar-refractivity contribution in [1.82, 2.24) is 10.6 Å². The minimum absolute atomic E-state index is 0.227. The average molecular weight is 349 g/mol. The molecule has 132 valence electrons. The number of anilines is 1. The first-order valence-corrected chi connectivity index (χ1v) is 10.0. The van der Waals surface area contributed by atoms with E-state index in [0.717, 1.165) is 55.4 Å². The lowest BCUT2D eigenvalue weighted by atomic mass is 10.2. The van der Waals surface area contributed by atoms with Gasteiger partial charge < -0.3 is 15.5 Å². The summed E-state index contributed by atoms with van der Waals surface area (Å²) in [4.78, 5) is 18.3. The fourth-order valence-corrected chi connectivity index (χ4v) is 3.07. The lowest BCUT2D eigenvalue weighted by molar-refractivity contribution is -0.117. The van der Waals surface area contributed by atoms with Crippen LogP contribution >= 0.6 is 11.8 Å². The molecule has 1 aliphatic rings. The van der Waals surface area contributed by atoms with Gasteiger partial charge in [-0.05, 0) is 49.5 Å². The van der Waals surface area contributed by atoms with Gasteiger partial charge in [0.1, 0.15) is 0 Å². The molecule has 1 saturated heterocycles. The normalized spacial score (nSPS) is 15.0. The van der Waals surface area contributed by atoms with Crippen LogP contribution in [0, 0.1) is 0 Å². The monoisotopic (exact) mass is 348 g/mol. The fraction of sp³-hybridized carbons (Fsp3) is 0.556. The van der Waals surface area contributed by atoms with E-state index in [2.05, 4.69) is 40.9 Å². The zero-order valence-electron chi connectivity index (χ0n) is 14.7. The minimum atomic E-state index is 0.227. The second-order valence-corrected chi connectivity index (χ2v) is 6.77. The Bertz CT molecular complexity index is 544. The number of thioether (sulfide) groups is 1. The number of aliphatic imine (C=N–C) groups is 1. The van der Waals surface area contributed by atoms with Crippen molar-refractivity contribution in [3.8, 4) is 0 Å². The summed E-state index contributed by atoms with van der Waals surface area (Å²) in [7, 11) is 0. The van der Waals surface area contributed by atoms with Gasteiger partial charge in [0.25, 0.3) is 0 Å². The van der Waals surface area contributed by atoms with Crippen molar-refractivity contribution in [3.05, 3.63) is 29.8 Å². The molecule has 1 aromatic carbocycles. The van der Waals surface area contributed by atoms with Crippen LogP contribution in [0.25, 0.3) is 0 Å². The van der Waals surface area contributed by atoms with Gasteiger partial charge in [-0.2, -0.15) is 11.8 Å². The molecule has 0 aliphatic carbocycles. The topological polar surface area (TPSA) is 56.7 Å². The fourth-order valence-electron chi connectivity index (χ4n) is 2.64. The standard InChI is InChI=1S/C18H28N4OS/c1-3-19-18(20-11-5-13-24-2)21-14-15-7-9-16(10-8-15)22-12-4-6-17(22)23/h7-10H,3-6,11-14H2,1-2H3,(H2,19,20,21). The maximum absolute atomic E-state index is 11.8. The van der Waals surface area contributed by atoms with Gasteiger partial charge in [0.05, 0.1) is 6.54 Å². The molecule has 0 bridgehead atoms. The largest absolute Gasteiger partial charge is 0.357 e. The number of guanidine groups is 1. The summed E-state index contributed by atoms with van der Waals surface area (Å²) < 4.78 is 0. The van der Waals surface area contributed by atoms with E-state index < -0.39 is 0 Å². The summed E-state index contributed by atoms with van der Waals surface area (Å²) in [5, 5.41) is 6.63. The zero-order valence-corrected chi connectivity index (χ0v) is 15.5. The van der Waals surface area contributed by atoms with Crippen LogP contribution in [-0.2, 0) is 11.3 Å². The summed E-state index contributed by atoms with van der Waals surface area (Å²) in [5.41, 5.74) is 2.14. The van der Waals surface area contributed by atoms with E-state index in [9.17, 15) is 4.79 Å². The van der Waals surface area contributed by atoms with Crippen LogP contribution in [0.2, 0.25) is 0 Å². The van der Waals surface area contributed by atoms with Gasteiger partial charge in [-0.3, -0.25) is 4.79 Å². The third kappa shape index (κ3) is 5.74. The Hall–Kier alpha value is -1.69. The smallest absolute Gasteiger partial charge is 0.227 e. The van der Waals surface area contributed by atoms with Crippen LogP contribution in [0.5, 0.6) is 0 Å². The number of carbonyl (C=O) groups is 1. The molecular formula is C18H28N4OS. The van der Waals surface area contributed by atoms with Gasteiger partial charge in [0.15, 0.2) is 5.96 Å². The lowest BCUT2D eigenvalue weighted by Crippen LogP contribution is -2.37. The number of nitrogens with one attached hydrogen (secondary N) is 2. The second kappa shape index (κ2) is 10.2. The van der Waals surface area contributed by atoms with E-state index in [1.165, 1.54) is 0 Å². The molecule has 0 spiro atoms. The van der Waals surface area contributed by atoms with Gasteiger partial charge >= 0.3 is 0 Å². The number of rotatable bonds is 8. The third-order valence-electron chi connectivity index (χ3n) is 3.90. The lowest BCUT2D eigenvalue weighted by Gasteiger charge is -2.16. The first kappa shape index (κ1) is 18.6. The highest BCUT2D eigenvalue weighted by Crippen LogP contribution is 2.21. The van der Waals surface area contributed by atoms with E-state index in [0.29, 0.717) is 13.0 Å². The number of nitrogens with zero attached hydrogens (tertiary/aromatic N) is 2. The highest BCUT2D eigenvalue weighted by molar-refractivity contribution is 7.98. The van der Waals surface area contributed by atoms with Gasteiger partial charge in [0, 0.05) is 31.7 Å². The quantitative estimate of drug-likeness (QED) is 0.431. The number of hydrogen-bond acceptors (Lipinski definition) is 3. The molecule has 0 radical (unpaired) electrons. The van der Waals surface area contributed by atoms with Gasteiger partial charge in [-0.1, -0.05) is 12.1 Å². The molecule has 5 nitrogen and oxygen atoms in total. The Kier molecular flexibility index (Phi) is 7.95. The molecule has 0 aromatic heterocycles. The number of amides is 1. The molecule has 6 heteroatoms. The third-order valence-corrected chi connectivity index (χ3v) is 4.60. The Balaban J connectivity index is 1.89. The van der Waals surface area contributed by atoms with Gasteiger partial charge in [-0.25, -0.2) is 4.99 Å². The molecule has 2 rings (SSSR count). The van der Waals surface area contributed by atoms with E-state index in [1.54, 1.807) is 0 Å². The van der Waals surface area contributed by atoms with Crippen LogP contribution < -0.4 is 15.5 Å². The summed E-state index contributed by atoms with van der Waals surface area (Å²) in [6.45, 7) is 5.32. The Labute approximate surface area is 149 Å². The van der Waals surface area contributed by atoms with E-state index >= 15 is 0 Å². The molecule has 0 saturated carbocycles. The summed E-state index contributed by atoms with van der Waals surface area (Å²) in [5.74, 6) is 2.24. The molecule has 1 fully saturated rings. The van der Waals surface area contributed by atoms with Gasteiger partial charge in [0.2, 0.25) is 5.91 Å². The van der Waals surface area contributed by atoms with Crippen molar-refractivity contribution in [2.24, 2.45) is 4.99 Å². The highest BCUT2D eigenvalue weighted by Gasteiger charge is 2.21. The Morgan fingerprint density at radius 3 is 2.71 bits per heavy atom. The first-order chi connectivity index (χ1) is 11.7. The van der Waals surface area contributed by atoms with E-state index in [-0.39, 0.29) is 5.91 Å². The number of hydrogen-bond donors (Lipinski definition) is 2. The number of carbonyl (C=O) groups excluding carboxylic acids is 1. The van der Waals surface area contributed by atoms with Gasteiger partial charge in [-0.15, -0.1) is 0 Å². The molecule has 0 atom stereocenters. The molecule has 24 heavy (non-hydrogen) atoms. The first-order valence-electron chi connectivity index (χ1n) is 8.65. The molecule has 2 N–H and O–H groups in total.